The number of aromatic nitrogens is 1. The van der Waals surface area contributed by atoms with Gasteiger partial charge in [0.2, 0.25) is 0 Å². The predicted octanol–water partition coefficient (Wildman–Crippen LogP) is 2.73. The third-order valence-electron chi connectivity index (χ3n) is 2.23. The molecule has 3 nitrogen and oxygen atoms in total. The van der Waals surface area contributed by atoms with Crippen LogP contribution < -0.4 is 5.73 Å². The Morgan fingerprint density at radius 1 is 1.29 bits per heavy atom. The van der Waals surface area contributed by atoms with Crippen LogP contribution in [0.3, 0.4) is 0 Å². The summed E-state index contributed by atoms with van der Waals surface area (Å²) in [7, 11) is -1.17. The molecule has 1 aromatic carbocycles. The highest BCUT2D eigenvalue weighted by molar-refractivity contribution is 9.10. The summed E-state index contributed by atoms with van der Waals surface area (Å²) in [4.78, 5) is 4.79. The number of nitrogen functional groups attached to an aromatic ring is 1. The molecule has 0 aliphatic rings. The summed E-state index contributed by atoms with van der Waals surface area (Å²) in [5, 5.41) is 0. The highest BCUT2D eigenvalue weighted by Crippen LogP contribution is 2.23. The molecule has 1 heterocycles. The van der Waals surface area contributed by atoms with Crippen LogP contribution in [0.2, 0.25) is 0 Å². The number of nitrogens with zero attached hydrogens (tertiary/aromatic N) is 1. The topological polar surface area (TPSA) is 56.0 Å². The van der Waals surface area contributed by atoms with Gasteiger partial charge in [-0.15, -0.1) is 0 Å². The Labute approximate surface area is 111 Å². The van der Waals surface area contributed by atoms with Crippen molar-refractivity contribution in [2.45, 2.75) is 10.6 Å². The van der Waals surface area contributed by atoms with E-state index in [0.29, 0.717) is 16.3 Å². The molecule has 1 atom stereocenters. The van der Waals surface area contributed by atoms with Crippen molar-refractivity contribution in [1.82, 2.24) is 4.98 Å². The van der Waals surface area contributed by atoms with E-state index in [-0.39, 0.29) is 0 Å². The molecule has 0 spiro atoms. The molecular weight excluding hydrogens is 300 g/mol. The van der Waals surface area contributed by atoms with Gasteiger partial charge in [-0.25, -0.2) is 0 Å². The number of rotatable bonds is 3. The first-order chi connectivity index (χ1) is 8.16. The van der Waals surface area contributed by atoms with Crippen LogP contribution in [0, 0.1) is 0 Å². The molecule has 0 radical (unpaired) electrons. The Kier molecular flexibility index (Phi) is 3.91. The van der Waals surface area contributed by atoms with Crippen molar-refractivity contribution in [3.8, 4) is 0 Å². The molecule has 0 saturated heterocycles. The van der Waals surface area contributed by atoms with Crippen molar-refractivity contribution in [2.75, 3.05) is 5.73 Å². The second-order valence-electron chi connectivity index (χ2n) is 3.49. The van der Waals surface area contributed by atoms with Gasteiger partial charge in [-0.2, -0.15) is 0 Å². The van der Waals surface area contributed by atoms with Crippen LogP contribution in [0.25, 0.3) is 0 Å². The molecule has 17 heavy (non-hydrogen) atoms. The molecule has 5 heteroatoms. The van der Waals surface area contributed by atoms with E-state index in [1.165, 1.54) is 0 Å². The van der Waals surface area contributed by atoms with Gasteiger partial charge in [0.05, 0.1) is 27.1 Å². The lowest BCUT2D eigenvalue weighted by molar-refractivity contribution is 0.682. The average Bonchev–Trinajstić information content (AvgIpc) is 2.33. The SMILES string of the molecule is Nc1ccc(Br)cc1S(=O)Cc1ccccn1. The van der Waals surface area contributed by atoms with Crippen molar-refractivity contribution < 1.29 is 4.21 Å². The maximum absolute atomic E-state index is 12.2. The van der Waals surface area contributed by atoms with Gasteiger partial charge < -0.3 is 5.73 Å². The van der Waals surface area contributed by atoms with E-state index in [1.807, 2.05) is 24.3 Å². The van der Waals surface area contributed by atoms with Crippen molar-refractivity contribution >= 4 is 32.4 Å². The fourth-order valence-electron chi connectivity index (χ4n) is 1.40. The molecule has 88 valence electrons. The Morgan fingerprint density at radius 3 is 2.82 bits per heavy atom. The van der Waals surface area contributed by atoms with Crippen LogP contribution >= 0.6 is 15.9 Å². The Balaban J connectivity index is 2.23. The van der Waals surface area contributed by atoms with Crippen LogP contribution in [0.4, 0.5) is 5.69 Å². The van der Waals surface area contributed by atoms with Crippen LogP contribution in [-0.2, 0) is 16.6 Å². The monoisotopic (exact) mass is 310 g/mol. The van der Waals surface area contributed by atoms with E-state index in [0.717, 1.165) is 10.2 Å². The first kappa shape index (κ1) is 12.3. The Bertz CT molecular complexity index is 545. The summed E-state index contributed by atoms with van der Waals surface area (Å²) < 4.78 is 13.0. The molecule has 0 amide bonds. The number of halogens is 1. The van der Waals surface area contributed by atoms with Crippen molar-refractivity contribution in [1.29, 1.82) is 0 Å². The number of anilines is 1. The fourth-order valence-corrected chi connectivity index (χ4v) is 3.10. The molecule has 0 fully saturated rings. The van der Waals surface area contributed by atoms with Gasteiger partial charge in [-0.1, -0.05) is 22.0 Å². The molecule has 0 bridgehead atoms. The average molecular weight is 311 g/mol. The highest BCUT2D eigenvalue weighted by atomic mass is 79.9. The zero-order valence-corrected chi connectivity index (χ0v) is 11.4. The third kappa shape index (κ3) is 3.14. The fraction of sp³-hybridized carbons (Fsp3) is 0.0833. The van der Waals surface area contributed by atoms with E-state index in [4.69, 9.17) is 5.73 Å². The van der Waals surface area contributed by atoms with Crippen LogP contribution in [0.5, 0.6) is 0 Å². The van der Waals surface area contributed by atoms with Gasteiger partial charge in [-0.3, -0.25) is 9.19 Å². The summed E-state index contributed by atoms with van der Waals surface area (Å²) in [6, 6.07) is 10.9. The van der Waals surface area contributed by atoms with Crippen molar-refractivity contribution in [3.05, 3.63) is 52.8 Å². The molecule has 0 aliphatic heterocycles. The lowest BCUT2D eigenvalue weighted by atomic mass is 10.3. The maximum atomic E-state index is 12.2. The number of nitrogens with two attached hydrogens (primary N) is 1. The first-order valence-corrected chi connectivity index (χ1v) is 7.11. The van der Waals surface area contributed by atoms with E-state index in [2.05, 4.69) is 20.9 Å². The summed E-state index contributed by atoms with van der Waals surface area (Å²) in [5.41, 5.74) is 7.15. The van der Waals surface area contributed by atoms with E-state index >= 15 is 0 Å². The third-order valence-corrected chi connectivity index (χ3v) is 4.12. The minimum atomic E-state index is -1.17. The minimum absolute atomic E-state index is 0.376. The number of benzene rings is 1. The molecule has 1 aromatic heterocycles. The van der Waals surface area contributed by atoms with Crippen molar-refractivity contribution in [3.63, 3.8) is 0 Å². The lowest BCUT2D eigenvalue weighted by Crippen LogP contribution is -2.02. The second-order valence-corrected chi connectivity index (χ2v) is 5.83. The van der Waals surface area contributed by atoms with Crippen molar-refractivity contribution in [2.24, 2.45) is 0 Å². The van der Waals surface area contributed by atoms with Gasteiger partial charge in [0, 0.05) is 16.4 Å². The van der Waals surface area contributed by atoms with Gasteiger partial charge in [0.1, 0.15) is 0 Å². The van der Waals surface area contributed by atoms with Gasteiger partial charge in [-0.05, 0) is 30.3 Å². The summed E-state index contributed by atoms with van der Waals surface area (Å²) in [5.74, 6) is 0.376. The van der Waals surface area contributed by atoms with Crippen LogP contribution in [0.1, 0.15) is 5.69 Å². The van der Waals surface area contributed by atoms with E-state index < -0.39 is 10.8 Å². The van der Waals surface area contributed by atoms with Crippen LogP contribution in [-0.4, -0.2) is 9.19 Å². The van der Waals surface area contributed by atoms with E-state index in [1.54, 1.807) is 18.3 Å². The summed E-state index contributed by atoms with van der Waals surface area (Å²) >= 11 is 3.34. The molecule has 2 N–H and O–H groups in total. The molecular formula is C12H11BrN2OS. The normalized spacial score (nSPS) is 12.3. The number of hydrogen-bond donors (Lipinski definition) is 1. The minimum Gasteiger partial charge on any atom is -0.398 e. The van der Waals surface area contributed by atoms with Crippen LogP contribution in [0.15, 0.2) is 52.0 Å². The molecule has 0 saturated carbocycles. The standard InChI is InChI=1S/C12H11BrN2OS/c13-9-4-5-11(14)12(7-9)17(16)8-10-3-1-2-6-15-10/h1-7H,8,14H2. The zero-order valence-electron chi connectivity index (χ0n) is 8.97. The maximum Gasteiger partial charge on any atom is 0.0706 e. The summed E-state index contributed by atoms with van der Waals surface area (Å²) in [6.07, 6.45) is 1.69. The first-order valence-electron chi connectivity index (χ1n) is 5.00. The Morgan fingerprint density at radius 2 is 2.12 bits per heavy atom. The van der Waals surface area contributed by atoms with E-state index in [9.17, 15) is 4.21 Å². The lowest BCUT2D eigenvalue weighted by Gasteiger charge is -2.06. The second kappa shape index (κ2) is 5.42. The van der Waals surface area contributed by atoms with Gasteiger partial charge in [0.15, 0.2) is 0 Å². The van der Waals surface area contributed by atoms with Gasteiger partial charge in [0.25, 0.3) is 0 Å². The zero-order chi connectivity index (χ0) is 12.3. The predicted molar refractivity (Wildman–Crippen MR) is 72.9 cm³/mol. The summed E-state index contributed by atoms with van der Waals surface area (Å²) in [6.45, 7) is 0. The largest absolute Gasteiger partial charge is 0.398 e. The smallest absolute Gasteiger partial charge is 0.0706 e. The molecule has 1 unspecified atom stereocenters. The Hall–Kier alpha value is -1.20. The number of hydrogen-bond acceptors (Lipinski definition) is 3. The highest BCUT2D eigenvalue weighted by Gasteiger charge is 2.09. The number of pyridine rings is 1. The quantitative estimate of drug-likeness (QED) is 0.887. The van der Waals surface area contributed by atoms with Gasteiger partial charge >= 0.3 is 0 Å². The molecule has 0 aliphatic carbocycles. The molecule has 2 rings (SSSR count). The molecule has 2 aromatic rings.